The van der Waals surface area contributed by atoms with E-state index in [-0.39, 0.29) is 12.7 Å². The molecule has 0 aromatic heterocycles. The van der Waals surface area contributed by atoms with Gasteiger partial charge in [-0.3, -0.25) is 0 Å². The maximum atomic E-state index is 11.9. The highest BCUT2D eigenvalue weighted by atomic mass is 16.6. The number of benzene rings is 1. The number of hydrogen-bond donors (Lipinski definition) is 1. The van der Waals surface area contributed by atoms with Gasteiger partial charge in [-0.25, -0.2) is 4.79 Å². The largest absolute Gasteiger partial charge is 0.445 e. The van der Waals surface area contributed by atoms with Gasteiger partial charge in [0, 0.05) is 13.1 Å². The van der Waals surface area contributed by atoms with Crippen LogP contribution < -0.4 is 0 Å². The molecule has 4 heteroatoms. The molecule has 1 amide bonds. The molecule has 4 nitrogen and oxygen atoms in total. The molecular formula is C14H19NO3. The number of ether oxygens (including phenoxy) is 1. The molecule has 0 aliphatic carbocycles. The van der Waals surface area contributed by atoms with Crippen molar-refractivity contribution in [3.05, 3.63) is 35.9 Å². The average molecular weight is 249 g/mol. The summed E-state index contributed by atoms with van der Waals surface area (Å²) in [4.78, 5) is 13.4. The highest BCUT2D eigenvalue weighted by molar-refractivity contribution is 5.67. The lowest BCUT2D eigenvalue weighted by Gasteiger charge is -2.33. The fourth-order valence-electron chi connectivity index (χ4n) is 2.28. The molecule has 1 N–H and O–H groups in total. The molecule has 1 heterocycles. The summed E-state index contributed by atoms with van der Waals surface area (Å²) in [5, 5.41) is 9.63. The monoisotopic (exact) mass is 249 g/mol. The highest BCUT2D eigenvalue weighted by Gasteiger charge is 2.27. The fraction of sp³-hybridized carbons (Fsp3) is 0.500. The molecule has 2 rings (SSSR count). The molecular weight excluding hydrogens is 230 g/mol. The zero-order valence-corrected chi connectivity index (χ0v) is 10.6. The second-order valence-electron chi connectivity index (χ2n) is 4.94. The van der Waals surface area contributed by atoms with Gasteiger partial charge in [-0.2, -0.15) is 0 Å². The maximum absolute atomic E-state index is 11.9. The molecule has 0 spiro atoms. The first-order chi connectivity index (χ1) is 8.65. The first kappa shape index (κ1) is 12.9. The molecule has 0 bridgehead atoms. The van der Waals surface area contributed by atoms with E-state index in [9.17, 15) is 9.90 Å². The molecule has 1 aliphatic rings. The first-order valence-electron chi connectivity index (χ1n) is 6.29. The molecule has 1 saturated heterocycles. The number of aliphatic hydroxyl groups is 1. The van der Waals surface area contributed by atoms with E-state index >= 15 is 0 Å². The number of carbonyl (C=O) groups excluding carboxylic acids is 1. The van der Waals surface area contributed by atoms with Crippen LogP contribution in [0.2, 0.25) is 0 Å². The van der Waals surface area contributed by atoms with Crippen LogP contribution in [-0.2, 0) is 11.3 Å². The third-order valence-corrected chi connectivity index (χ3v) is 3.10. The van der Waals surface area contributed by atoms with E-state index in [1.54, 1.807) is 4.90 Å². The van der Waals surface area contributed by atoms with Gasteiger partial charge in [0.15, 0.2) is 0 Å². The quantitative estimate of drug-likeness (QED) is 0.872. The van der Waals surface area contributed by atoms with E-state index in [0.29, 0.717) is 19.0 Å². The molecule has 0 unspecified atom stereocenters. The lowest BCUT2D eigenvalue weighted by Crippen LogP contribution is -2.45. The Morgan fingerprint density at radius 3 is 2.78 bits per heavy atom. The molecule has 98 valence electrons. The van der Waals surface area contributed by atoms with E-state index in [2.05, 4.69) is 0 Å². The normalized spacial score (nSPS) is 23.8. The van der Waals surface area contributed by atoms with Gasteiger partial charge >= 0.3 is 6.09 Å². The molecule has 0 radical (unpaired) electrons. The van der Waals surface area contributed by atoms with Crippen LogP contribution in [0, 0.1) is 5.92 Å². The summed E-state index contributed by atoms with van der Waals surface area (Å²) in [6.07, 6.45) is -0.0230. The lowest BCUT2D eigenvalue weighted by molar-refractivity contribution is 0.0290. The van der Waals surface area contributed by atoms with Crippen LogP contribution in [0.25, 0.3) is 0 Å². The Bertz CT molecular complexity index is 383. The zero-order chi connectivity index (χ0) is 13.0. The fourth-order valence-corrected chi connectivity index (χ4v) is 2.28. The SMILES string of the molecule is C[C@H]1C[C@@H](O)CN(C(=O)OCc2ccccc2)C1. The Hall–Kier alpha value is -1.55. The lowest BCUT2D eigenvalue weighted by atomic mass is 9.98. The summed E-state index contributed by atoms with van der Waals surface area (Å²) >= 11 is 0. The van der Waals surface area contributed by atoms with Gasteiger partial charge in [0.1, 0.15) is 6.61 Å². The topological polar surface area (TPSA) is 49.8 Å². The molecule has 1 aromatic rings. The van der Waals surface area contributed by atoms with Crippen LogP contribution in [0.1, 0.15) is 18.9 Å². The number of likely N-dealkylation sites (tertiary alicyclic amines) is 1. The zero-order valence-electron chi connectivity index (χ0n) is 10.6. The second-order valence-corrected chi connectivity index (χ2v) is 4.94. The third kappa shape index (κ3) is 3.47. The number of β-amino-alcohol motifs (C(OH)–C–C–N with tert-alkyl or cyclic N) is 1. The van der Waals surface area contributed by atoms with Crippen LogP contribution in [0.5, 0.6) is 0 Å². The summed E-state index contributed by atoms with van der Waals surface area (Å²) < 4.78 is 5.24. The van der Waals surface area contributed by atoms with E-state index < -0.39 is 6.10 Å². The number of aliphatic hydroxyl groups excluding tert-OH is 1. The van der Waals surface area contributed by atoms with Gasteiger partial charge < -0.3 is 14.7 Å². The van der Waals surface area contributed by atoms with Crippen molar-refractivity contribution < 1.29 is 14.6 Å². The number of rotatable bonds is 2. The minimum Gasteiger partial charge on any atom is -0.445 e. The maximum Gasteiger partial charge on any atom is 0.410 e. The summed E-state index contributed by atoms with van der Waals surface area (Å²) in [5.41, 5.74) is 0.969. The van der Waals surface area contributed by atoms with Crippen molar-refractivity contribution in [2.75, 3.05) is 13.1 Å². The van der Waals surface area contributed by atoms with Crippen LogP contribution in [0.3, 0.4) is 0 Å². The molecule has 18 heavy (non-hydrogen) atoms. The van der Waals surface area contributed by atoms with E-state index in [0.717, 1.165) is 12.0 Å². The van der Waals surface area contributed by atoms with Gasteiger partial charge in [-0.05, 0) is 17.9 Å². The minimum atomic E-state index is -0.432. The van der Waals surface area contributed by atoms with Crippen LogP contribution in [-0.4, -0.2) is 35.3 Å². The van der Waals surface area contributed by atoms with Crippen molar-refractivity contribution >= 4 is 6.09 Å². The first-order valence-corrected chi connectivity index (χ1v) is 6.29. The molecule has 1 fully saturated rings. The van der Waals surface area contributed by atoms with Crippen molar-refractivity contribution in [3.63, 3.8) is 0 Å². The Balaban J connectivity index is 1.84. The minimum absolute atomic E-state index is 0.278. The highest BCUT2D eigenvalue weighted by Crippen LogP contribution is 2.17. The summed E-state index contributed by atoms with van der Waals surface area (Å²) in [6.45, 7) is 3.34. The number of carbonyl (C=O) groups is 1. The van der Waals surface area contributed by atoms with Crippen molar-refractivity contribution in [2.24, 2.45) is 5.92 Å². The van der Waals surface area contributed by atoms with Crippen molar-refractivity contribution in [2.45, 2.75) is 26.1 Å². The molecule has 1 aliphatic heterocycles. The number of amides is 1. The van der Waals surface area contributed by atoms with E-state index in [1.165, 1.54) is 0 Å². The van der Waals surface area contributed by atoms with Gasteiger partial charge in [0.05, 0.1) is 6.10 Å². The number of nitrogens with zero attached hydrogens (tertiary/aromatic N) is 1. The van der Waals surface area contributed by atoms with Crippen molar-refractivity contribution in [3.8, 4) is 0 Å². The van der Waals surface area contributed by atoms with E-state index in [4.69, 9.17) is 4.74 Å². The smallest absolute Gasteiger partial charge is 0.410 e. The Labute approximate surface area is 107 Å². The van der Waals surface area contributed by atoms with Gasteiger partial charge in [0.2, 0.25) is 0 Å². The molecule has 0 saturated carbocycles. The summed E-state index contributed by atoms with van der Waals surface area (Å²) in [7, 11) is 0. The predicted molar refractivity (Wildman–Crippen MR) is 68.0 cm³/mol. The predicted octanol–water partition coefficient (Wildman–Crippen LogP) is 2.03. The van der Waals surface area contributed by atoms with Gasteiger partial charge in [-0.15, -0.1) is 0 Å². The molecule has 2 atom stereocenters. The molecule has 1 aromatic carbocycles. The number of piperidine rings is 1. The summed E-state index contributed by atoms with van der Waals surface area (Å²) in [5.74, 6) is 0.318. The van der Waals surface area contributed by atoms with Crippen molar-refractivity contribution in [1.29, 1.82) is 0 Å². The van der Waals surface area contributed by atoms with Gasteiger partial charge in [0.25, 0.3) is 0 Å². The van der Waals surface area contributed by atoms with E-state index in [1.807, 2.05) is 37.3 Å². The number of hydrogen-bond acceptors (Lipinski definition) is 3. The third-order valence-electron chi connectivity index (χ3n) is 3.10. The van der Waals surface area contributed by atoms with Crippen LogP contribution >= 0.6 is 0 Å². The average Bonchev–Trinajstić information content (AvgIpc) is 2.36. The Morgan fingerprint density at radius 2 is 2.11 bits per heavy atom. The standard InChI is InChI=1S/C14H19NO3/c1-11-7-13(16)9-15(8-11)14(17)18-10-12-5-3-2-4-6-12/h2-6,11,13,16H,7-10H2,1H3/t11-,13+/m0/s1. The van der Waals surface area contributed by atoms with Crippen LogP contribution in [0.4, 0.5) is 4.79 Å². The second kappa shape index (κ2) is 5.87. The van der Waals surface area contributed by atoms with Crippen LogP contribution in [0.15, 0.2) is 30.3 Å². The summed E-state index contributed by atoms with van der Waals surface area (Å²) in [6, 6.07) is 9.59. The van der Waals surface area contributed by atoms with Gasteiger partial charge in [-0.1, -0.05) is 37.3 Å². The van der Waals surface area contributed by atoms with Crippen molar-refractivity contribution in [1.82, 2.24) is 4.90 Å². The Kier molecular flexibility index (Phi) is 4.20. The Morgan fingerprint density at radius 1 is 1.39 bits per heavy atom.